The van der Waals surface area contributed by atoms with Gasteiger partial charge in [0.1, 0.15) is 0 Å². The maximum absolute atomic E-state index is 11.9. The molecule has 0 heterocycles. The van der Waals surface area contributed by atoms with Gasteiger partial charge in [0, 0.05) is 15.5 Å². The van der Waals surface area contributed by atoms with Crippen LogP contribution in [0.4, 0.5) is 5.69 Å². The van der Waals surface area contributed by atoms with Gasteiger partial charge in [0.2, 0.25) is 10.0 Å². The molecule has 0 amide bonds. The number of halogens is 2. The maximum Gasteiger partial charge on any atom is 0.234 e. The van der Waals surface area contributed by atoms with Crippen molar-refractivity contribution in [2.24, 2.45) is 0 Å². The zero-order valence-electron chi connectivity index (χ0n) is 10.3. The third kappa shape index (κ3) is 4.87. The highest BCUT2D eigenvalue weighted by Crippen LogP contribution is 2.32. The number of hydrogen-bond acceptors (Lipinski definition) is 3. The van der Waals surface area contributed by atoms with Crippen LogP contribution >= 0.6 is 31.9 Å². The number of aryl methyl sites for hydroxylation is 1. The van der Waals surface area contributed by atoms with Gasteiger partial charge < -0.3 is 5.32 Å². The molecule has 0 saturated carbocycles. The molecule has 0 aliphatic carbocycles. The van der Waals surface area contributed by atoms with E-state index in [9.17, 15) is 8.42 Å². The Bertz CT molecular complexity index is 495. The predicted octanol–water partition coefficient (Wildman–Crippen LogP) is 2.87. The lowest BCUT2D eigenvalue weighted by atomic mass is 10.2. The minimum Gasteiger partial charge on any atom is -0.316 e. The van der Waals surface area contributed by atoms with Crippen LogP contribution < -0.4 is 10.0 Å². The van der Waals surface area contributed by atoms with E-state index in [0.29, 0.717) is 12.2 Å². The first-order valence-electron chi connectivity index (χ1n) is 5.52. The van der Waals surface area contributed by atoms with Gasteiger partial charge >= 0.3 is 0 Å². The second-order valence-electron chi connectivity index (χ2n) is 3.88. The van der Waals surface area contributed by atoms with Crippen molar-refractivity contribution >= 4 is 47.6 Å². The summed E-state index contributed by atoms with van der Waals surface area (Å²) >= 11 is 6.72. The highest BCUT2D eigenvalue weighted by molar-refractivity contribution is 9.11. The summed E-state index contributed by atoms with van der Waals surface area (Å²) in [7, 11) is -3.34. The lowest BCUT2D eigenvalue weighted by molar-refractivity contribution is 0.597. The number of rotatable bonds is 6. The number of benzene rings is 1. The van der Waals surface area contributed by atoms with Crippen LogP contribution in [-0.4, -0.2) is 27.3 Å². The predicted molar refractivity (Wildman–Crippen MR) is 82.5 cm³/mol. The second kappa shape index (κ2) is 6.88. The molecule has 0 fully saturated rings. The molecular weight excluding hydrogens is 384 g/mol. The molecule has 1 aromatic rings. The first-order chi connectivity index (χ1) is 8.35. The van der Waals surface area contributed by atoms with Gasteiger partial charge in [-0.3, -0.25) is 4.72 Å². The monoisotopic (exact) mass is 398 g/mol. The van der Waals surface area contributed by atoms with Crippen LogP contribution in [0.5, 0.6) is 0 Å². The Kier molecular flexibility index (Phi) is 6.10. The molecule has 18 heavy (non-hydrogen) atoms. The first-order valence-corrected chi connectivity index (χ1v) is 8.76. The summed E-state index contributed by atoms with van der Waals surface area (Å²) in [6.45, 7) is 5.08. The van der Waals surface area contributed by atoms with Crippen molar-refractivity contribution in [2.75, 3.05) is 23.6 Å². The fourth-order valence-corrected chi connectivity index (χ4v) is 4.31. The SMILES string of the molecule is CCNCCS(=O)(=O)Nc1c(Br)cc(C)cc1Br. The highest BCUT2D eigenvalue weighted by atomic mass is 79.9. The van der Waals surface area contributed by atoms with Gasteiger partial charge in [0.25, 0.3) is 0 Å². The Hall–Kier alpha value is -0.110. The van der Waals surface area contributed by atoms with Crippen LogP contribution in [0, 0.1) is 6.92 Å². The number of hydrogen-bond donors (Lipinski definition) is 2. The van der Waals surface area contributed by atoms with Gasteiger partial charge in [0.15, 0.2) is 0 Å². The zero-order chi connectivity index (χ0) is 13.8. The summed E-state index contributed by atoms with van der Waals surface area (Å²) in [5.41, 5.74) is 1.58. The molecule has 2 N–H and O–H groups in total. The molecule has 0 aromatic heterocycles. The molecule has 0 radical (unpaired) electrons. The van der Waals surface area contributed by atoms with Gasteiger partial charge in [-0.2, -0.15) is 0 Å². The van der Waals surface area contributed by atoms with E-state index in [1.807, 2.05) is 26.0 Å². The second-order valence-corrected chi connectivity index (χ2v) is 7.43. The number of anilines is 1. The lowest BCUT2D eigenvalue weighted by Crippen LogP contribution is -2.26. The van der Waals surface area contributed by atoms with E-state index in [1.165, 1.54) is 0 Å². The summed E-state index contributed by atoms with van der Waals surface area (Å²) in [5.74, 6) is 0.0492. The van der Waals surface area contributed by atoms with Gasteiger partial charge in [-0.1, -0.05) is 6.92 Å². The molecule has 0 unspecified atom stereocenters. The minimum atomic E-state index is -3.34. The standard InChI is InChI=1S/C11H16Br2N2O2S/c1-3-14-4-5-18(16,17)15-11-9(12)6-8(2)7-10(11)13/h6-7,14-15H,3-5H2,1-2H3. The van der Waals surface area contributed by atoms with E-state index in [0.717, 1.165) is 21.1 Å². The average Bonchev–Trinajstić information content (AvgIpc) is 2.23. The molecule has 0 bridgehead atoms. The molecule has 0 spiro atoms. The van der Waals surface area contributed by atoms with E-state index >= 15 is 0 Å². The third-order valence-electron chi connectivity index (χ3n) is 2.24. The van der Waals surface area contributed by atoms with Crippen LogP contribution in [0.1, 0.15) is 12.5 Å². The summed E-state index contributed by atoms with van der Waals surface area (Å²) in [5, 5.41) is 2.99. The van der Waals surface area contributed by atoms with E-state index in [4.69, 9.17) is 0 Å². The minimum absolute atomic E-state index is 0.0492. The number of nitrogens with one attached hydrogen (secondary N) is 2. The van der Waals surface area contributed by atoms with Crippen LogP contribution in [0.15, 0.2) is 21.1 Å². The first kappa shape index (κ1) is 15.9. The summed E-state index contributed by atoms with van der Waals surface area (Å²) in [6.07, 6.45) is 0. The third-order valence-corrected chi connectivity index (χ3v) is 4.75. The van der Waals surface area contributed by atoms with Gasteiger partial charge in [-0.25, -0.2) is 8.42 Å². The Labute approximate surface area is 125 Å². The van der Waals surface area contributed by atoms with Crippen molar-refractivity contribution in [3.8, 4) is 0 Å². The van der Waals surface area contributed by atoms with Crippen molar-refractivity contribution in [3.63, 3.8) is 0 Å². The maximum atomic E-state index is 11.9. The molecule has 1 rings (SSSR count). The van der Waals surface area contributed by atoms with Crippen LogP contribution in [-0.2, 0) is 10.0 Å². The quantitative estimate of drug-likeness (QED) is 0.723. The van der Waals surface area contributed by atoms with E-state index in [1.54, 1.807) is 0 Å². The Morgan fingerprint density at radius 3 is 2.28 bits per heavy atom. The highest BCUT2D eigenvalue weighted by Gasteiger charge is 2.14. The molecule has 0 saturated heterocycles. The smallest absolute Gasteiger partial charge is 0.234 e. The van der Waals surface area contributed by atoms with Gasteiger partial charge in [-0.05, 0) is 63.0 Å². The molecule has 0 aliphatic rings. The topological polar surface area (TPSA) is 58.2 Å². The van der Waals surface area contributed by atoms with Crippen molar-refractivity contribution < 1.29 is 8.42 Å². The van der Waals surface area contributed by atoms with Crippen LogP contribution in [0.25, 0.3) is 0 Å². The van der Waals surface area contributed by atoms with Crippen molar-refractivity contribution in [3.05, 3.63) is 26.6 Å². The summed E-state index contributed by atoms with van der Waals surface area (Å²) < 4.78 is 27.8. The normalized spacial score (nSPS) is 11.6. The van der Waals surface area contributed by atoms with E-state index in [-0.39, 0.29) is 5.75 Å². The Morgan fingerprint density at radius 2 is 1.78 bits per heavy atom. The van der Waals surface area contributed by atoms with Crippen molar-refractivity contribution in [2.45, 2.75) is 13.8 Å². The molecule has 4 nitrogen and oxygen atoms in total. The molecular formula is C11H16Br2N2O2S. The fraction of sp³-hybridized carbons (Fsp3) is 0.455. The largest absolute Gasteiger partial charge is 0.316 e. The van der Waals surface area contributed by atoms with Gasteiger partial charge in [-0.15, -0.1) is 0 Å². The molecule has 0 aliphatic heterocycles. The summed E-state index contributed by atoms with van der Waals surface area (Å²) in [6, 6.07) is 3.74. The summed E-state index contributed by atoms with van der Waals surface area (Å²) in [4.78, 5) is 0. The van der Waals surface area contributed by atoms with Crippen LogP contribution in [0.3, 0.4) is 0 Å². The zero-order valence-corrected chi connectivity index (χ0v) is 14.2. The van der Waals surface area contributed by atoms with Crippen LogP contribution in [0.2, 0.25) is 0 Å². The molecule has 1 aromatic carbocycles. The van der Waals surface area contributed by atoms with Crippen molar-refractivity contribution in [1.82, 2.24) is 5.32 Å². The van der Waals surface area contributed by atoms with Gasteiger partial charge in [0.05, 0.1) is 11.4 Å². The lowest BCUT2D eigenvalue weighted by Gasteiger charge is -2.12. The van der Waals surface area contributed by atoms with E-state index < -0.39 is 10.0 Å². The fourth-order valence-electron chi connectivity index (χ4n) is 1.39. The van der Waals surface area contributed by atoms with E-state index in [2.05, 4.69) is 41.9 Å². The Morgan fingerprint density at radius 1 is 1.22 bits per heavy atom. The molecule has 7 heteroatoms. The molecule has 102 valence electrons. The van der Waals surface area contributed by atoms with Crippen molar-refractivity contribution in [1.29, 1.82) is 0 Å². The number of sulfonamides is 1. The Balaban J connectivity index is 2.84. The average molecular weight is 400 g/mol. The molecule has 0 atom stereocenters.